The molecule has 2 aromatic rings. The summed E-state index contributed by atoms with van der Waals surface area (Å²) in [6.45, 7) is 3.58. The van der Waals surface area contributed by atoms with Crippen molar-refractivity contribution in [2.45, 2.75) is 44.4 Å². The number of nitrogens with one attached hydrogen (secondary N) is 2. The van der Waals surface area contributed by atoms with Gasteiger partial charge in [-0.1, -0.05) is 24.6 Å². The number of hydrogen-bond acceptors (Lipinski definition) is 5. The first-order valence-electron chi connectivity index (χ1n) is 10.5. The highest BCUT2D eigenvalue weighted by molar-refractivity contribution is 7.89. The van der Waals surface area contributed by atoms with Crippen molar-refractivity contribution in [1.29, 1.82) is 0 Å². The number of carbonyl (C=O) groups is 1. The first-order valence-corrected chi connectivity index (χ1v) is 12.0. The molecule has 0 spiro atoms. The van der Waals surface area contributed by atoms with E-state index in [1.165, 1.54) is 0 Å². The summed E-state index contributed by atoms with van der Waals surface area (Å²) in [4.78, 5) is 14.1. The highest BCUT2D eigenvalue weighted by Crippen LogP contribution is 2.21. The number of benzene rings is 2. The Hall–Kier alpha value is -2.49. The van der Waals surface area contributed by atoms with E-state index in [-0.39, 0.29) is 17.3 Å². The van der Waals surface area contributed by atoms with Gasteiger partial charge in [0.1, 0.15) is 5.82 Å². The molecule has 2 rings (SSSR count). The van der Waals surface area contributed by atoms with Crippen LogP contribution in [-0.2, 0) is 21.2 Å². The zero-order valence-electron chi connectivity index (χ0n) is 19.0. The molecule has 1 atom stereocenters. The molecular weight excluding hydrogens is 433 g/mol. The van der Waals surface area contributed by atoms with Crippen LogP contribution < -0.4 is 15.1 Å². The topological polar surface area (TPSA) is 98.7 Å². The van der Waals surface area contributed by atoms with Crippen molar-refractivity contribution < 1.29 is 22.8 Å². The Morgan fingerprint density at radius 1 is 1.12 bits per heavy atom. The normalized spacial score (nSPS) is 12.4. The van der Waals surface area contributed by atoms with E-state index in [9.17, 15) is 17.6 Å². The minimum atomic E-state index is -3.63. The number of rotatable bonds is 11. The summed E-state index contributed by atoms with van der Waals surface area (Å²) in [5.41, 5.74) is 4.32. The van der Waals surface area contributed by atoms with Gasteiger partial charge in [0.15, 0.2) is 0 Å². The molecule has 0 aliphatic carbocycles. The van der Waals surface area contributed by atoms with E-state index in [4.69, 9.17) is 5.21 Å². The van der Waals surface area contributed by atoms with Crippen molar-refractivity contribution in [1.82, 2.24) is 10.2 Å². The minimum absolute atomic E-state index is 0.197. The number of hydroxylamine groups is 1. The van der Waals surface area contributed by atoms with Crippen molar-refractivity contribution in [3.8, 4) is 0 Å². The molecule has 0 heterocycles. The van der Waals surface area contributed by atoms with Crippen LogP contribution in [0.5, 0.6) is 0 Å². The molecule has 7 nitrogen and oxygen atoms in total. The molecule has 0 bridgehead atoms. The Balaban J connectivity index is 1.92. The van der Waals surface area contributed by atoms with Gasteiger partial charge >= 0.3 is 0 Å². The molecule has 0 aromatic heterocycles. The smallest absolute Gasteiger partial charge is 0.246 e. The summed E-state index contributed by atoms with van der Waals surface area (Å²) in [6, 6.07) is 10.1. The van der Waals surface area contributed by atoms with E-state index in [1.807, 2.05) is 25.1 Å². The number of unbranched alkanes of at least 4 members (excludes halogenated alkanes) is 1. The van der Waals surface area contributed by atoms with E-state index < -0.39 is 21.8 Å². The molecule has 0 aliphatic heterocycles. The average Bonchev–Trinajstić information content (AvgIpc) is 2.75. The summed E-state index contributed by atoms with van der Waals surface area (Å²) >= 11 is 0. The van der Waals surface area contributed by atoms with Crippen molar-refractivity contribution in [3.63, 3.8) is 0 Å². The van der Waals surface area contributed by atoms with Gasteiger partial charge in [-0.3, -0.25) is 10.0 Å². The lowest BCUT2D eigenvalue weighted by molar-refractivity contribution is -0.133. The number of amides is 1. The molecule has 0 saturated carbocycles. The number of aryl methyl sites for hydroxylation is 2. The molecule has 32 heavy (non-hydrogen) atoms. The fraction of sp³-hybridized carbons (Fsp3) is 0.435. The van der Waals surface area contributed by atoms with E-state index in [0.29, 0.717) is 36.8 Å². The van der Waals surface area contributed by atoms with Crippen LogP contribution in [-0.4, -0.2) is 40.2 Å². The third kappa shape index (κ3) is 7.01. The number of sulfonamides is 1. The van der Waals surface area contributed by atoms with Gasteiger partial charge in [0, 0.05) is 32.2 Å². The molecular formula is C23H32FN3O4S. The predicted octanol–water partition coefficient (Wildman–Crippen LogP) is 3.32. The highest BCUT2D eigenvalue weighted by atomic mass is 32.2. The zero-order valence-corrected chi connectivity index (χ0v) is 19.8. The minimum Gasteiger partial charge on any atom is -0.378 e. The van der Waals surface area contributed by atoms with Crippen LogP contribution in [0.4, 0.5) is 10.1 Å². The number of carbonyl (C=O) groups excluding carboxylic acids is 1. The maximum Gasteiger partial charge on any atom is 0.246 e. The molecule has 2 aromatic carbocycles. The molecule has 0 radical (unpaired) electrons. The number of nitrogens with zero attached hydrogens (tertiary/aromatic N) is 1. The van der Waals surface area contributed by atoms with Gasteiger partial charge in [-0.2, -0.15) is 0 Å². The fourth-order valence-corrected chi connectivity index (χ4v) is 4.70. The number of anilines is 1. The van der Waals surface area contributed by atoms with Crippen LogP contribution in [0, 0.1) is 25.6 Å². The second kappa shape index (κ2) is 11.4. The molecule has 9 heteroatoms. The first-order chi connectivity index (χ1) is 15.0. The van der Waals surface area contributed by atoms with Gasteiger partial charge in [0.25, 0.3) is 0 Å². The van der Waals surface area contributed by atoms with E-state index in [0.717, 1.165) is 11.3 Å². The van der Waals surface area contributed by atoms with Crippen LogP contribution in [0.3, 0.4) is 0 Å². The summed E-state index contributed by atoms with van der Waals surface area (Å²) in [5.74, 6) is -1.27. The van der Waals surface area contributed by atoms with Crippen molar-refractivity contribution in [2.75, 3.05) is 25.5 Å². The lowest BCUT2D eigenvalue weighted by Gasteiger charge is -2.16. The fourth-order valence-electron chi connectivity index (χ4n) is 3.59. The van der Waals surface area contributed by atoms with E-state index >= 15 is 0 Å². The molecule has 0 fully saturated rings. The van der Waals surface area contributed by atoms with Crippen molar-refractivity contribution >= 4 is 21.6 Å². The molecule has 1 amide bonds. The van der Waals surface area contributed by atoms with Crippen LogP contribution in [0.25, 0.3) is 0 Å². The summed E-state index contributed by atoms with van der Waals surface area (Å²) in [7, 11) is 0.0483. The van der Waals surface area contributed by atoms with Gasteiger partial charge in [-0.25, -0.2) is 23.0 Å². The molecule has 3 N–H and O–H groups in total. The van der Waals surface area contributed by atoms with Crippen molar-refractivity contribution in [3.05, 3.63) is 58.9 Å². The first kappa shape index (κ1) is 25.8. The van der Waals surface area contributed by atoms with Gasteiger partial charge in [0.2, 0.25) is 15.9 Å². The second-order valence-electron chi connectivity index (χ2n) is 8.21. The number of hydrogen-bond donors (Lipinski definition) is 3. The molecule has 0 aliphatic rings. The Labute approximate surface area is 189 Å². The summed E-state index contributed by atoms with van der Waals surface area (Å²) in [5, 5.41) is 9.08. The third-order valence-electron chi connectivity index (χ3n) is 5.38. The van der Waals surface area contributed by atoms with Gasteiger partial charge in [-0.15, -0.1) is 0 Å². The Morgan fingerprint density at radius 3 is 2.38 bits per heavy atom. The van der Waals surface area contributed by atoms with Crippen LogP contribution >= 0.6 is 0 Å². The van der Waals surface area contributed by atoms with E-state index in [2.05, 4.69) is 4.72 Å². The second-order valence-corrected chi connectivity index (χ2v) is 9.97. The monoisotopic (exact) mass is 465 g/mol. The van der Waals surface area contributed by atoms with Gasteiger partial charge in [-0.05, 0) is 68.0 Å². The SMILES string of the molecule is Cc1cc(C[C@H](CCCCNS(=O)(=O)c2cccc(N(C)C)c2)C(=O)NO)cc(C)c1F. The summed E-state index contributed by atoms with van der Waals surface area (Å²) < 4.78 is 41.5. The highest BCUT2D eigenvalue weighted by Gasteiger charge is 2.20. The lowest BCUT2D eigenvalue weighted by Crippen LogP contribution is -2.30. The third-order valence-corrected chi connectivity index (χ3v) is 6.83. The van der Waals surface area contributed by atoms with E-state index in [1.54, 1.807) is 49.7 Å². The number of halogens is 1. The van der Waals surface area contributed by atoms with Gasteiger partial charge in [0.05, 0.1) is 4.90 Å². The Kier molecular flexibility index (Phi) is 9.18. The lowest BCUT2D eigenvalue weighted by atomic mass is 9.92. The standard InChI is InChI=1S/C23H32FN3O4S/c1-16-12-18(13-17(2)22(16)24)14-19(23(28)26-29)8-5-6-11-25-32(30,31)21-10-7-9-20(15-21)27(3)4/h7,9-10,12-13,15,19,25,29H,5-6,8,11,14H2,1-4H3,(H,26,28)/t19-/m0/s1. The van der Waals surface area contributed by atoms with Crippen LogP contribution in [0.2, 0.25) is 0 Å². The maximum atomic E-state index is 13.9. The zero-order chi connectivity index (χ0) is 23.9. The van der Waals surface area contributed by atoms with Crippen LogP contribution in [0.1, 0.15) is 36.0 Å². The quantitative estimate of drug-likeness (QED) is 0.269. The molecule has 176 valence electrons. The largest absolute Gasteiger partial charge is 0.378 e. The summed E-state index contributed by atoms with van der Waals surface area (Å²) in [6.07, 6.45) is 1.93. The van der Waals surface area contributed by atoms with Crippen LogP contribution in [0.15, 0.2) is 41.3 Å². The Morgan fingerprint density at radius 2 is 1.78 bits per heavy atom. The Bertz CT molecular complexity index is 1020. The average molecular weight is 466 g/mol. The molecule has 0 unspecified atom stereocenters. The van der Waals surface area contributed by atoms with Gasteiger partial charge < -0.3 is 4.90 Å². The maximum absolute atomic E-state index is 13.9. The molecule has 0 saturated heterocycles. The van der Waals surface area contributed by atoms with Crippen molar-refractivity contribution in [2.24, 2.45) is 5.92 Å². The predicted molar refractivity (Wildman–Crippen MR) is 123 cm³/mol.